The average molecular weight is 247 g/mol. The molecule has 1 saturated heterocycles. The van der Waals surface area contributed by atoms with Gasteiger partial charge in [0.15, 0.2) is 0 Å². The van der Waals surface area contributed by atoms with E-state index < -0.39 is 0 Å². The standard InChI is InChI=1S/C14H15ClN2/c1-9-4-2-5-10-8-11(12-6-3-7-16-12)14(15)17-13(9)10/h2,4-5,8,12,16H,3,6-7H2,1H3/t12-/m0/s1. The number of nitrogens with one attached hydrogen (secondary N) is 1. The molecule has 1 aromatic heterocycles. The van der Waals surface area contributed by atoms with E-state index in [4.69, 9.17) is 11.6 Å². The van der Waals surface area contributed by atoms with Crippen LogP contribution in [0.4, 0.5) is 0 Å². The first-order valence-electron chi connectivity index (χ1n) is 6.05. The summed E-state index contributed by atoms with van der Waals surface area (Å²) in [7, 11) is 0. The number of benzene rings is 1. The van der Waals surface area contributed by atoms with Gasteiger partial charge in [-0.05, 0) is 37.9 Å². The predicted octanol–water partition coefficient (Wildman–Crippen LogP) is 3.62. The summed E-state index contributed by atoms with van der Waals surface area (Å²) < 4.78 is 0. The van der Waals surface area contributed by atoms with E-state index in [1.807, 2.05) is 0 Å². The van der Waals surface area contributed by atoms with Gasteiger partial charge in [-0.15, -0.1) is 0 Å². The number of rotatable bonds is 1. The average Bonchev–Trinajstić information content (AvgIpc) is 2.83. The van der Waals surface area contributed by atoms with Crippen molar-refractivity contribution in [2.45, 2.75) is 25.8 Å². The highest BCUT2D eigenvalue weighted by molar-refractivity contribution is 6.30. The molecule has 1 atom stereocenters. The lowest BCUT2D eigenvalue weighted by Crippen LogP contribution is -2.13. The number of nitrogens with zero attached hydrogens (tertiary/aromatic N) is 1. The van der Waals surface area contributed by atoms with Crippen molar-refractivity contribution in [1.82, 2.24) is 10.3 Å². The van der Waals surface area contributed by atoms with Gasteiger partial charge >= 0.3 is 0 Å². The molecule has 1 N–H and O–H groups in total. The minimum atomic E-state index is 0.375. The fourth-order valence-electron chi connectivity index (χ4n) is 2.54. The Labute approximate surface area is 106 Å². The SMILES string of the molecule is Cc1cccc2cc([C@@H]3CCCN3)c(Cl)nc12. The first kappa shape index (κ1) is 11.0. The van der Waals surface area contributed by atoms with Crippen LogP contribution in [0.25, 0.3) is 10.9 Å². The molecule has 0 aliphatic carbocycles. The summed E-state index contributed by atoms with van der Waals surface area (Å²) in [6.07, 6.45) is 2.37. The Morgan fingerprint density at radius 2 is 2.29 bits per heavy atom. The molecule has 1 aliphatic rings. The minimum Gasteiger partial charge on any atom is -0.310 e. The predicted molar refractivity (Wildman–Crippen MR) is 71.5 cm³/mol. The van der Waals surface area contributed by atoms with Crippen LogP contribution in [0.2, 0.25) is 5.15 Å². The molecule has 0 bridgehead atoms. The van der Waals surface area contributed by atoms with Crippen molar-refractivity contribution in [3.63, 3.8) is 0 Å². The van der Waals surface area contributed by atoms with Crippen LogP contribution in [-0.4, -0.2) is 11.5 Å². The number of aromatic nitrogens is 1. The quantitative estimate of drug-likeness (QED) is 0.778. The lowest BCUT2D eigenvalue weighted by atomic mass is 10.0. The van der Waals surface area contributed by atoms with Crippen molar-refractivity contribution in [2.75, 3.05) is 6.54 Å². The van der Waals surface area contributed by atoms with Gasteiger partial charge in [0, 0.05) is 17.0 Å². The Morgan fingerprint density at radius 1 is 1.41 bits per heavy atom. The summed E-state index contributed by atoms with van der Waals surface area (Å²) in [4.78, 5) is 4.55. The molecule has 0 saturated carbocycles. The summed E-state index contributed by atoms with van der Waals surface area (Å²) in [5.74, 6) is 0. The van der Waals surface area contributed by atoms with Gasteiger partial charge in [0.2, 0.25) is 0 Å². The van der Waals surface area contributed by atoms with Crippen LogP contribution >= 0.6 is 11.6 Å². The minimum absolute atomic E-state index is 0.375. The molecule has 88 valence electrons. The van der Waals surface area contributed by atoms with Crippen LogP contribution in [0.1, 0.15) is 30.0 Å². The summed E-state index contributed by atoms with van der Waals surface area (Å²) in [5, 5.41) is 5.29. The smallest absolute Gasteiger partial charge is 0.134 e. The Hall–Kier alpha value is -1.12. The molecule has 1 aromatic carbocycles. The normalized spacial score (nSPS) is 20.0. The lowest BCUT2D eigenvalue weighted by molar-refractivity contribution is 0.646. The molecule has 1 fully saturated rings. The molecule has 3 rings (SSSR count). The van der Waals surface area contributed by atoms with Gasteiger partial charge in [-0.1, -0.05) is 29.8 Å². The first-order valence-corrected chi connectivity index (χ1v) is 6.42. The van der Waals surface area contributed by atoms with Crippen LogP contribution in [0, 0.1) is 6.92 Å². The largest absolute Gasteiger partial charge is 0.310 e. The molecule has 1 aliphatic heterocycles. The van der Waals surface area contributed by atoms with E-state index >= 15 is 0 Å². The third kappa shape index (κ3) is 1.92. The van der Waals surface area contributed by atoms with E-state index in [0.29, 0.717) is 11.2 Å². The van der Waals surface area contributed by atoms with E-state index in [-0.39, 0.29) is 0 Å². The Morgan fingerprint density at radius 3 is 3.06 bits per heavy atom. The second-order valence-electron chi connectivity index (χ2n) is 4.66. The van der Waals surface area contributed by atoms with Gasteiger partial charge in [-0.2, -0.15) is 0 Å². The van der Waals surface area contributed by atoms with Crippen molar-refractivity contribution in [3.8, 4) is 0 Å². The molecular formula is C14H15ClN2. The maximum Gasteiger partial charge on any atom is 0.134 e. The Bertz CT molecular complexity index is 559. The Kier molecular flexibility index (Phi) is 2.77. The topological polar surface area (TPSA) is 24.9 Å². The highest BCUT2D eigenvalue weighted by atomic mass is 35.5. The van der Waals surface area contributed by atoms with E-state index in [2.05, 4.69) is 41.5 Å². The fraction of sp³-hybridized carbons (Fsp3) is 0.357. The second-order valence-corrected chi connectivity index (χ2v) is 5.02. The molecule has 2 aromatic rings. The summed E-state index contributed by atoms with van der Waals surface area (Å²) in [6.45, 7) is 3.14. The second kappa shape index (κ2) is 4.28. The van der Waals surface area contributed by atoms with Gasteiger partial charge < -0.3 is 5.32 Å². The van der Waals surface area contributed by atoms with E-state index in [1.54, 1.807) is 0 Å². The molecule has 0 radical (unpaired) electrons. The maximum absolute atomic E-state index is 6.30. The number of aryl methyl sites for hydroxylation is 1. The highest BCUT2D eigenvalue weighted by Gasteiger charge is 2.20. The molecule has 2 heterocycles. The number of hydrogen-bond donors (Lipinski definition) is 1. The van der Waals surface area contributed by atoms with E-state index in [0.717, 1.165) is 24.0 Å². The zero-order chi connectivity index (χ0) is 11.8. The highest BCUT2D eigenvalue weighted by Crippen LogP contribution is 2.31. The van der Waals surface area contributed by atoms with E-state index in [9.17, 15) is 0 Å². The lowest BCUT2D eigenvalue weighted by Gasteiger charge is -2.13. The fourth-order valence-corrected chi connectivity index (χ4v) is 2.81. The van der Waals surface area contributed by atoms with Crippen LogP contribution in [0.3, 0.4) is 0 Å². The molecule has 0 amide bonds. The van der Waals surface area contributed by atoms with Crippen LogP contribution < -0.4 is 5.32 Å². The van der Waals surface area contributed by atoms with Crippen molar-refractivity contribution in [3.05, 3.63) is 40.5 Å². The van der Waals surface area contributed by atoms with Crippen molar-refractivity contribution in [2.24, 2.45) is 0 Å². The number of hydrogen-bond acceptors (Lipinski definition) is 2. The summed E-state index contributed by atoms with van der Waals surface area (Å²) >= 11 is 6.30. The maximum atomic E-state index is 6.30. The third-order valence-electron chi connectivity index (χ3n) is 3.46. The Balaban J connectivity index is 2.17. The molecular weight excluding hydrogens is 232 g/mol. The summed E-state index contributed by atoms with van der Waals surface area (Å²) in [6, 6.07) is 8.79. The van der Waals surface area contributed by atoms with Gasteiger partial charge in [-0.3, -0.25) is 0 Å². The molecule has 3 heteroatoms. The first-order chi connectivity index (χ1) is 8.25. The zero-order valence-electron chi connectivity index (χ0n) is 9.83. The molecule has 0 unspecified atom stereocenters. The summed E-state index contributed by atoms with van der Waals surface area (Å²) in [5.41, 5.74) is 3.33. The van der Waals surface area contributed by atoms with Crippen molar-refractivity contribution in [1.29, 1.82) is 0 Å². The number of fused-ring (bicyclic) bond motifs is 1. The number of para-hydroxylation sites is 1. The zero-order valence-corrected chi connectivity index (χ0v) is 10.6. The van der Waals surface area contributed by atoms with Crippen LogP contribution in [-0.2, 0) is 0 Å². The van der Waals surface area contributed by atoms with Crippen LogP contribution in [0.15, 0.2) is 24.3 Å². The number of pyridine rings is 1. The van der Waals surface area contributed by atoms with Crippen LogP contribution in [0.5, 0.6) is 0 Å². The molecule has 0 spiro atoms. The third-order valence-corrected chi connectivity index (χ3v) is 3.77. The molecule has 17 heavy (non-hydrogen) atoms. The van der Waals surface area contributed by atoms with Gasteiger partial charge in [0.1, 0.15) is 5.15 Å². The number of halogens is 1. The van der Waals surface area contributed by atoms with Gasteiger partial charge in [0.05, 0.1) is 5.52 Å². The molecule has 2 nitrogen and oxygen atoms in total. The van der Waals surface area contributed by atoms with Gasteiger partial charge in [-0.25, -0.2) is 4.98 Å². The van der Waals surface area contributed by atoms with Crippen molar-refractivity contribution < 1.29 is 0 Å². The van der Waals surface area contributed by atoms with Crippen molar-refractivity contribution >= 4 is 22.5 Å². The monoisotopic (exact) mass is 246 g/mol. The van der Waals surface area contributed by atoms with E-state index in [1.165, 1.54) is 17.4 Å². The van der Waals surface area contributed by atoms with Gasteiger partial charge in [0.25, 0.3) is 0 Å².